The van der Waals surface area contributed by atoms with Gasteiger partial charge >= 0.3 is 0 Å². The molecule has 2 rings (SSSR count). The molecular weight excluding hydrogens is 160 g/mol. The van der Waals surface area contributed by atoms with Crippen molar-refractivity contribution in [3.8, 4) is 0 Å². The highest BCUT2D eigenvalue weighted by atomic mass is 16.8. The average Bonchev–Trinajstić information content (AvgIpc) is 2.28. The number of ether oxygens (including phenoxy) is 3. The van der Waals surface area contributed by atoms with Gasteiger partial charge in [-0.1, -0.05) is 0 Å². The van der Waals surface area contributed by atoms with Gasteiger partial charge in [-0.3, -0.25) is 0 Å². The third-order valence-electron chi connectivity index (χ3n) is 2.29. The van der Waals surface area contributed by atoms with Gasteiger partial charge < -0.3 is 19.3 Å². The van der Waals surface area contributed by atoms with Gasteiger partial charge in [-0.2, -0.15) is 0 Å². The fourth-order valence-electron chi connectivity index (χ4n) is 1.88. The first-order valence-corrected chi connectivity index (χ1v) is 4.11. The van der Waals surface area contributed by atoms with Crippen molar-refractivity contribution in [3.63, 3.8) is 0 Å². The molecule has 2 aliphatic rings. The largest absolute Gasteiger partial charge is 0.366 e. The van der Waals surface area contributed by atoms with Gasteiger partial charge in [-0.25, -0.2) is 0 Å². The highest BCUT2D eigenvalue weighted by molar-refractivity contribution is 4.98. The third-order valence-corrected chi connectivity index (χ3v) is 2.29. The molecule has 0 aromatic heterocycles. The fourth-order valence-corrected chi connectivity index (χ4v) is 1.88. The van der Waals surface area contributed by atoms with Crippen LogP contribution in [0, 0.1) is 0 Å². The van der Waals surface area contributed by atoms with Crippen LogP contribution in [0.15, 0.2) is 0 Å². The van der Waals surface area contributed by atoms with Crippen LogP contribution in [0.2, 0.25) is 0 Å². The van der Waals surface area contributed by atoms with E-state index in [0.29, 0.717) is 6.61 Å². The summed E-state index contributed by atoms with van der Waals surface area (Å²) in [6.07, 6.45) is -1.20. The van der Waals surface area contributed by atoms with Crippen LogP contribution in [0.5, 0.6) is 0 Å². The van der Waals surface area contributed by atoms with Crippen molar-refractivity contribution in [2.75, 3.05) is 6.61 Å². The number of aliphatic hydroxyl groups is 1. The van der Waals surface area contributed by atoms with E-state index >= 15 is 0 Å². The predicted molar refractivity (Wildman–Crippen MR) is 40.4 cm³/mol. The molecule has 3 atom stereocenters. The van der Waals surface area contributed by atoms with Crippen LogP contribution in [0.4, 0.5) is 0 Å². The maximum Gasteiger partial charge on any atom is 0.184 e. The second-order valence-electron chi connectivity index (χ2n) is 4.05. The number of hydrogen-bond acceptors (Lipinski definition) is 4. The van der Waals surface area contributed by atoms with Crippen LogP contribution in [0.3, 0.4) is 0 Å². The summed E-state index contributed by atoms with van der Waals surface area (Å²) in [7, 11) is 0. The van der Waals surface area contributed by atoms with Crippen LogP contribution < -0.4 is 0 Å². The molecule has 0 aliphatic carbocycles. The molecule has 1 N–H and O–H groups in total. The monoisotopic (exact) mass is 174 g/mol. The van der Waals surface area contributed by atoms with E-state index in [-0.39, 0.29) is 6.10 Å². The van der Waals surface area contributed by atoms with Crippen molar-refractivity contribution in [1.82, 2.24) is 0 Å². The Morgan fingerprint density at radius 2 is 2.00 bits per heavy atom. The highest BCUT2D eigenvalue weighted by Gasteiger charge is 2.58. The maximum atomic E-state index is 9.37. The molecule has 4 nitrogen and oxygen atoms in total. The smallest absolute Gasteiger partial charge is 0.184 e. The van der Waals surface area contributed by atoms with Crippen molar-refractivity contribution in [3.05, 3.63) is 0 Å². The summed E-state index contributed by atoms with van der Waals surface area (Å²) in [6, 6.07) is 0. The van der Waals surface area contributed by atoms with E-state index in [4.69, 9.17) is 14.2 Å². The van der Waals surface area contributed by atoms with Crippen molar-refractivity contribution in [2.24, 2.45) is 0 Å². The zero-order chi connectivity index (χ0) is 8.98. The van der Waals surface area contributed by atoms with Crippen LogP contribution in [-0.2, 0) is 14.2 Å². The molecule has 0 spiro atoms. The third kappa shape index (κ3) is 1.07. The topological polar surface area (TPSA) is 47.9 Å². The summed E-state index contributed by atoms with van der Waals surface area (Å²) in [5.41, 5.74) is -0.483. The van der Waals surface area contributed by atoms with Gasteiger partial charge in [0.25, 0.3) is 0 Å². The normalized spacial score (nSPS) is 51.0. The Hall–Kier alpha value is -0.160. The van der Waals surface area contributed by atoms with Crippen molar-refractivity contribution >= 4 is 0 Å². The van der Waals surface area contributed by atoms with Crippen molar-refractivity contribution in [1.29, 1.82) is 0 Å². The summed E-state index contributed by atoms with van der Waals surface area (Å²) in [6.45, 7) is 5.96. The Kier molecular flexibility index (Phi) is 1.55. The molecule has 0 saturated carbocycles. The second-order valence-corrected chi connectivity index (χ2v) is 4.05. The van der Waals surface area contributed by atoms with Crippen molar-refractivity contribution < 1.29 is 19.3 Å². The predicted octanol–water partition coefficient (Wildman–Crippen LogP) is 0.245. The Morgan fingerprint density at radius 1 is 1.33 bits per heavy atom. The van der Waals surface area contributed by atoms with Gasteiger partial charge in [-0.05, 0) is 20.8 Å². The van der Waals surface area contributed by atoms with Gasteiger partial charge in [0.15, 0.2) is 12.1 Å². The molecule has 0 amide bonds. The first-order valence-electron chi connectivity index (χ1n) is 4.11. The lowest BCUT2D eigenvalue weighted by Gasteiger charge is -2.21. The van der Waals surface area contributed by atoms with Gasteiger partial charge in [0.2, 0.25) is 0 Å². The lowest BCUT2D eigenvalue weighted by molar-refractivity contribution is -0.212. The molecule has 2 aliphatic heterocycles. The summed E-state index contributed by atoms with van der Waals surface area (Å²) in [5.74, 6) is -0.607. The standard InChI is InChI=1S/C8H14O4/c1-7(2)11-5-6(9)10-4-8(5,3)12-7/h5-6,9H,4H2,1-3H3/t5-,6?,8+/m1/s1. The van der Waals surface area contributed by atoms with E-state index in [1.165, 1.54) is 0 Å². The minimum absolute atomic E-state index is 0.354. The van der Waals surface area contributed by atoms with E-state index in [9.17, 15) is 5.11 Å². The van der Waals surface area contributed by atoms with Crippen LogP contribution in [-0.4, -0.2) is 35.5 Å². The van der Waals surface area contributed by atoms with E-state index in [0.717, 1.165) is 0 Å². The molecule has 2 fully saturated rings. The molecule has 2 saturated heterocycles. The highest BCUT2D eigenvalue weighted by Crippen LogP contribution is 2.41. The maximum absolute atomic E-state index is 9.37. The van der Waals surface area contributed by atoms with Gasteiger partial charge in [0, 0.05) is 0 Å². The van der Waals surface area contributed by atoms with Gasteiger partial charge in [-0.15, -0.1) is 0 Å². The molecule has 12 heavy (non-hydrogen) atoms. The molecule has 0 radical (unpaired) electrons. The van der Waals surface area contributed by atoms with E-state index < -0.39 is 17.7 Å². The summed E-state index contributed by atoms with van der Waals surface area (Å²) < 4.78 is 16.1. The first kappa shape index (κ1) is 8.44. The van der Waals surface area contributed by atoms with Crippen LogP contribution in [0.1, 0.15) is 20.8 Å². The second kappa shape index (κ2) is 2.20. The lowest BCUT2D eigenvalue weighted by Crippen LogP contribution is -2.38. The molecule has 0 aromatic carbocycles. The molecule has 0 bridgehead atoms. The summed E-state index contributed by atoms with van der Waals surface area (Å²) in [5, 5.41) is 9.37. The van der Waals surface area contributed by atoms with Gasteiger partial charge in [0.1, 0.15) is 11.7 Å². The summed E-state index contributed by atoms with van der Waals surface area (Å²) >= 11 is 0. The Balaban J connectivity index is 2.22. The molecule has 4 heteroatoms. The Bertz CT molecular complexity index is 203. The zero-order valence-corrected chi connectivity index (χ0v) is 7.53. The number of fused-ring (bicyclic) bond motifs is 1. The van der Waals surface area contributed by atoms with E-state index in [1.807, 2.05) is 20.8 Å². The molecule has 1 unspecified atom stereocenters. The Labute approximate surface area is 71.4 Å². The average molecular weight is 174 g/mol. The van der Waals surface area contributed by atoms with E-state index in [2.05, 4.69) is 0 Å². The minimum Gasteiger partial charge on any atom is -0.366 e. The molecule has 0 aromatic rings. The van der Waals surface area contributed by atoms with Crippen LogP contribution in [0.25, 0.3) is 0 Å². The van der Waals surface area contributed by atoms with Gasteiger partial charge in [0.05, 0.1) is 6.61 Å². The molecule has 2 heterocycles. The summed E-state index contributed by atoms with van der Waals surface area (Å²) in [4.78, 5) is 0. The zero-order valence-electron chi connectivity index (χ0n) is 7.53. The molecular formula is C8H14O4. The Morgan fingerprint density at radius 3 is 2.58 bits per heavy atom. The molecule has 70 valence electrons. The fraction of sp³-hybridized carbons (Fsp3) is 1.00. The van der Waals surface area contributed by atoms with Crippen LogP contribution >= 0.6 is 0 Å². The number of aliphatic hydroxyl groups excluding tert-OH is 1. The number of hydrogen-bond donors (Lipinski definition) is 1. The quantitative estimate of drug-likeness (QED) is 0.571. The van der Waals surface area contributed by atoms with E-state index in [1.54, 1.807) is 0 Å². The van der Waals surface area contributed by atoms with Crippen molar-refractivity contribution in [2.45, 2.75) is 44.6 Å². The lowest BCUT2D eigenvalue weighted by atomic mass is 10.0. The number of rotatable bonds is 0. The minimum atomic E-state index is -0.850. The SMILES string of the molecule is CC1(C)O[C@@H]2C(O)OC[C@]2(C)O1. The first-order chi connectivity index (χ1) is 5.43.